The van der Waals surface area contributed by atoms with Crippen LogP contribution in [0.15, 0.2) is 124 Å². The highest BCUT2D eigenvalue weighted by atomic mass is 32.2. The van der Waals surface area contributed by atoms with Crippen molar-refractivity contribution in [3.63, 3.8) is 0 Å². The molecule has 202 valence electrons. The normalized spacial score (nSPS) is 13.5. The molecule has 11 heteroatoms. The van der Waals surface area contributed by atoms with Crippen LogP contribution in [-0.4, -0.2) is 27.3 Å². The third-order valence-electron chi connectivity index (χ3n) is 5.85. The lowest BCUT2D eigenvalue weighted by atomic mass is 10.2. The van der Waals surface area contributed by atoms with Gasteiger partial charge in [0.1, 0.15) is 22.2 Å². The Morgan fingerprint density at radius 3 is 2.17 bits per heavy atom. The maximum atomic E-state index is 13.6. The Morgan fingerprint density at radius 1 is 0.800 bits per heavy atom. The van der Waals surface area contributed by atoms with E-state index >= 15 is 0 Å². The summed E-state index contributed by atoms with van der Waals surface area (Å²) < 4.78 is 46.8. The highest BCUT2D eigenvalue weighted by Gasteiger charge is 2.40. The van der Waals surface area contributed by atoms with Gasteiger partial charge in [-0.1, -0.05) is 36.0 Å². The fourth-order valence-electron chi connectivity index (χ4n) is 3.91. The number of amides is 2. The number of carbonyl (C=O) groups is 2. The molecular weight excluding hydrogens is 553 g/mol. The van der Waals surface area contributed by atoms with Crippen LogP contribution < -0.4 is 19.7 Å². The van der Waals surface area contributed by atoms with Gasteiger partial charge in [-0.25, -0.2) is 17.7 Å². The first-order valence-electron chi connectivity index (χ1n) is 11.9. The van der Waals surface area contributed by atoms with Crippen LogP contribution in [0.1, 0.15) is 0 Å². The van der Waals surface area contributed by atoms with E-state index in [2.05, 4.69) is 10.0 Å². The fourth-order valence-corrected chi connectivity index (χ4v) is 5.97. The quantitative estimate of drug-likeness (QED) is 0.250. The van der Waals surface area contributed by atoms with Gasteiger partial charge in [-0.05, 0) is 78.9 Å². The van der Waals surface area contributed by atoms with Gasteiger partial charge in [-0.2, -0.15) is 0 Å². The topological polar surface area (TPSA) is 105 Å². The number of nitrogens with zero attached hydrogens (tertiary/aromatic N) is 1. The molecule has 1 heterocycles. The summed E-state index contributed by atoms with van der Waals surface area (Å²) in [5, 5.41) is 2.96. The summed E-state index contributed by atoms with van der Waals surface area (Å²) in [7, 11) is -2.33. The molecule has 5 rings (SSSR count). The number of benzene rings is 4. The predicted molar refractivity (Wildman–Crippen MR) is 152 cm³/mol. The van der Waals surface area contributed by atoms with Crippen molar-refractivity contribution in [2.75, 3.05) is 22.0 Å². The van der Waals surface area contributed by atoms with Crippen LogP contribution in [0.2, 0.25) is 0 Å². The Hall–Kier alpha value is -4.61. The molecule has 4 aromatic carbocycles. The second kappa shape index (κ2) is 11.2. The molecule has 0 saturated heterocycles. The second-order valence-corrected chi connectivity index (χ2v) is 11.3. The molecule has 4 aromatic rings. The number of ether oxygens (including phenoxy) is 1. The van der Waals surface area contributed by atoms with Crippen LogP contribution >= 0.6 is 11.8 Å². The summed E-state index contributed by atoms with van der Waals surface area (Å²) in [5.41, 5.74) is 1.05. The fraction of sp³-hybridized carbons (Fsp3) is 0.0345. The zero-order chi connectivity index (χ0) is 28.3. The predicted octanol–water partition coefficient (Wildman–Crippen LogP) is 5.62. The zero-order valence-electron chi connectivity index (χ0n) is 21.0. The van der Waals surface area contributed by atoms with Crippen molar-refractivity contribution in [1.82, 2.24) is 0 Å². The monoisotopic (exact) mass is 575 g/mol. The van der Waals surface area contributed by atoms with Gasteiger partial charge in [0, 0.05) is 16.3 Å². The highest BCUT2D eigenvalue weighted by Crippen LogP contribution is 2.39. The molecule has 0 unspecified atom stereocenters. The molecule has 0 spiro atoms. The molecule has 0 saturated carbocycles. The number of hydrogen-bond donors (Lipinski definition) is 2. The number of hydrogen-bond acceptors (Lipinski definition) is 7. The zero-order valence-corrected chi connectivity index (χ0v) is 22.6. The molecule has 0 atom stereocenters. The smallest absolute Gasteiger partial charge is 0.283 e. The van der Waals surface area contributed by atoms with Crippen molar-refractivity contribution in [2.24, 2.45) is 0 Å². The van der Waals surface area contributed by atoms with E-state index in [9.17, 15) is 22.4 Å². The number of sulfonamides is 1. The van der Waals surface area contributed by atoms with Crippen molar-refractivity contribution in [3.8, 4) is 5.75 Å². The molecule has 2 amide bonds. The molecular formula is C29H22FN3O5S2. The summed E-state index contributed by atoms with van der Waals surface area (Å²) in [4.78, 5) is 28.9. The minimum absolute atomic E-state index is 0.00713. The average molecular weight is 576 g/mol. The third kappa shape index (κ3) is 5.70. The Morgan fingerprint density at radius 2 is 1.50 bits per heavy atom. The first-order valence-corrected chi connectivity index (χ1v) is 14.2. The Bertz CT molecular complexity index is 1710. The standard InChI is InChI=1S/C29H22FN3O5S2/c1-38-23-16-14-22(15-17-23)33-28(34)26(31-20-12-10-19(30)11-13-20)27(29(33)35)39-24-7-5-6-21(18-24)32-40(36,37)25-8-3-2-4-9-25/h2-18,31-32H,1H3. The van der Waals surface area contributed by atoms with Gasteiger partial charge in [-0.15, -0.1) is 0 Å². The van der Waals surface area contributed by atoms with Gasteiger partial charge < -0.3 is 10.1 Å². The van der Waals surface area contributed by atoms with Gasteiger partial charge in [-0.3, -0.25) is 14.3 Å². The van der Waals surface area contributed by atoms with E-state index in [1.54, 1.807) is 66.7 Å². The maximum Gasteiger partial charge on any atom is 0.283 e. The number of methoxy groups -OCH3 is 1. The number of rotatable bonds is 9. The minimum Gasteiger partial charge on any atom is -0.497 e. The molecule has 40 heavy (non-hydrogen) atoms. The van der Waals surface area contributed by atoms with E-state index < -0.39 is 27.7 Å². The number of halogens is 1. The number of imide groups is 1. The van der Waals surface area contributed by atoms with E-state index in [1.807, 2.05) is 0 Å². The minimum atomic E-state index is -3.84. The summed E-state index contributed by atoms with van der Waals surface area (Å²) in [5.74, 6) is -1.05. The van der Waals surface area contributed by atoms with Crippen molar-refractivity contribution in [1.29, 1.82) is 0 Å². The van der Waals surface area contributed by atoms with Crippen molar-refractivity contribution in [2.45, 2.75) is 9.79 Å². The second-order valence-electron chi connectivity index (χ2n) is 8.53. The van der Waals surface area contributed by atoms with Crippen LogP contribution in [0.5, 0.6) is 5.75 Å². The molecule has 0 aromatic heterocycles. The number of anilines is 3. The Labute approximate surface area is 234 Å². The molecule has 0 fully saturated rings. The van der Waals surface area contributed by atoms with Crippen LogP contribution in [0.3, 0.4) is 0 Å². The average Bonchev–Trinajstić information content (AvgIpc) is 3.18. The Kier molecular flexibility index (Phi) is 7.58. The van der Waals surface area contributed by atoms with Crippen LogP contribution in [0.25, 0.3) is 0 Å². The first-order chi connectivity index (χ1) is 19.2. The molecule has 2 N–H and O–H groups in total. The van der Waals surface area contributed by atoms with Crippen LogP contribution in [0.4, 0.5) is 21.5 Å². The SMILES string of the molecule is COc1ccc(N2C(=O)C(Nc3ccc(F)cc3)=C(Sc3cccc(NS(=O)(=O)c4ccccc4)c3)C2=O)cc1. The molecule has 8 nitrogen and oxygen atoms in total. The van der Waals surface area contributed by atoms with Gasteiger partial charge >= 0.3 is 0 Å². The van der Waals surface area contributed by atoms with E-state index in [0.717, 1.165) is 16.7 Å². The molecule has 0 aliphatic carbocycles. The number of carbonyl (C=O) groups excluding carboxylic acids is 2. The largest absolute Gasteiger partial charge is 0.497 e. The highest BCUT2D eigenvalue weighted by molar-refractivity contribution is 8.04. The van der Waals surface area contributed by atoms with Crippen molar-refractivity contribution < 1.29 is 27.1 Å². The van der Waals surface area contributed by atoms with Gasteiger partial charge in [0.25, 0.3) is 21.8 Å². The van der Waals surface area contributed by atoms with Gasteiger partial charge in [0.05, 0.1) is 17.7 Å². The van der Waals surface area contributed by atoms with Crippen LogP contribution in [0, 0.1) is 5.82 Å². The van der Waals surface area contributed by atoms with E-state index in [4.69, 9.17) is 4.74 Å². The molecule has 0 bridgehead atoms. The third-order valence-corrected chi connectivity index (χ3v) is 8.31. The lowest BCUT2D eigenvalue weighted by molar-refractivity contribution is -0.120. The first kappa shape index (κ1) is 27.0. The van der Waals surface area contributed by atoms with Crippen LogP contribution in [-0.2, 0) is 19.6 Å². The van der Waals surface area contributed by atoms with E-state index in [-0.39, 0.29) is 21.2 Å². The molecule has 1 aliphatic heterocycles. The van der Waals surface area contributed by atoms with Gasteiger partial charge in [0.15, 0.2) is 0 Å². The van der Waals surface area contributed by atoms with Gasteiger partial charge in [0.2, 0.25) is 0 Å². The Balaban J connectivity index is 1.47. The summed E-state index contributed by atoms with van der Waals surface area (Å²) in [6.45, 7) is 0. The number of nitrogens with one attached hydrogen (secondary N) is 2. The summed E-state index contributed by atoms with van der Waals surface area (Å²) in [6.07, 6.45) is 0. The van der Waals surface area contributed by atoms with E-state index in [1.165, 1.54) is 43.5 Å². The van der Waals surface area contributed by atoms with Crippen molar-refractivity contribution in [3.05, 3.63) is 120 Å². The summed E-state index contributed by atoms with van der Waals surface area (Å²) in [6, 6.07) is 26.3. The van der Waals surface area contributed by atoms with Crippen molar-refractivity contribution >= 4 is 50.7 Å². The number of thioether (sulfide) groups is 1. The maximum absolute atomic E-state index is 13.6. The molecule has 1 aliphatic rings. The summed E-state index contributed by atoms with van der Waals surface area (Å²) >= 11 is 1.01. The van der Waals surface area contributed by atoms with E-state index in [0.29, 0.717) is 22.0 Å². The molecule has 0 radical (unpaired) electrons. The lowest BCUT2D eigenvalue weighted by Crippen LogP contribution is -2.32. The lowest BCUT2D eigenvalue weighted by Gasteiger charge is -2.15.